The molecule has 100 valence electrons. The maximum Gasteiger partial charge on any atom is 0.191 e. The van der Waals surface area contributed by atoms with E-state index < -0.39 is 0 Å². The summed E-state index contributed by atoms with van der Waals surface area (Å²) in [4.78, 5) is 4.25. The maximum atomic E-state index is 4.25. The Balaban J connectivity index is 2.39. The van der Waals surface area contributed by atoms with Gasteiger partial charge < -0.3 is 10.6 Å². The lowest BCUT2D eigenvalue weighted by Crippen LogP contribution is -2.39. The SMILES string of the molecule is CCCCCNC(=NC)NC(C)c1ccccc1. The number of nitrogens with zero attached hydrogens (tertiary/aromatic N) is 1. The molecule has 0 aromatic heterocycles. The first-order valence-electron chi connectivity index (χ1n) is 6.80. The van der Waals surface area contributed by atoms with Gasteiger partial charge in [-0.15, -0.1) is 0 Å². The van der Waals surface area contributed by atoms with Crippen LogP contribution in [0.25, 0.3) is 0 Å². The van der Waals surface area contributed by atoms with E-state index in [1.54, 1.807) is 0 Å². The smallest absolute Gasteiger partial charge is 0.191 e. The van der Waals surface area contributed by atoms with Gasteiger partial charge in [-0.3, -0.25) is 4.99 Å². The minimum atomic E-state index is 0.267. The Morgan fingerprint density at radius 1 is 1.22 bits per heavy atom. The van der Waals surface area contributed by atoms with Crippen molar-refractivity contribution in [2.24, 2.45) is 4.99 Å². The quantitative estimate of drug-likeness (QED) is 0.460. The molecule has 1 atom stereocenters. The fourth-order valence-electron chi connectivity index (χ4n) is 1.81. The second-order valence-electron chi connectivity index (χ2n) is 4.48. The van der Waals surface area contributed by atoms with Crippen molar-refractivity contribution in [2.45, 2.75) is 39.2 Å². The molecule has 0 spiro atoms. The van der Waals surface area contributed by atoms with Crippen LogP contribution in [0.2, 0.25) is 0 Å². The standard InChI is InChI=1S/C15H25N3/c1-4-5-9-12-17-15(16-3)18-13(2)14-10-7-6-8-11-14/h6-8,10-11,13H,4-5,9,12H2,1-3H3,(H2,16,17,18). The largest absolute Gasteiger partial charge is 0.356 e. The van der Waals surface area contributed by atoms with Crippen LogP contribution in [0.3, 0.4) is 0 Å². The van der Waals surface area contributed by atoms with Gasteiger partial charge in [0.2, 0.25) is 0 Å². The Hall–Kier alpha value is -1.51. The molecule has 1 rings (SSSR count). The molecule has 1 aromatic carbocycles. The summed E-state index contributed by atoms with van der Waals surface area (Å²) in [5.74, 6) is 0.877. The number of guanidine groups is 1. The number of unbranched alkanes of at least 4 members (excludes halogenated alkanes) is 2. The molecule has 0 saturated heterocycles. The highest BCUT2D eigenvalue weighted by Crippen LogP contribution is 2.10. The maximum absolute atomic E-state index is 4.25. The van der Waals surface area contributed by atoms with Gasteiger partial charge in [0, 0.05) is 13.6 Å². The van der Waals surface area contributed by atoms with Crippen molar-refractivity contribution < 1.29 is 0 Å². The van der Waals surface area contributed by atoms with Crippen LogP contribution in [0, 0.1) is 0 Å². The summed E-state index contributed by atoms with van der Waals surface area (Å²) in [6.45, 7) is 5.34. The molecule has 0 aliphatic heterocycles. The highest BCUT2D eigenvalue weighted by molar-refractivity contribution is 5.80. The molecule has 0 radical (unpaired) electrons. The van der Waals surface area contributed by atoms with Crippen molar-refractivity contribution in [3.63, 3.8) is 0 Å². The third-order valence-electron chi connectivity index (χ3n) is 2.95. The van der Waals surface area contributed by atoms with Gasteiger partial charge in [-0.05, 0) is 18.9 Å². The van der Waals surface area contributed by atoms with E-state index in [9.17, 15) is 0 Å². The molecule has 1 aromatic rings. The molecule has 0 heterocycles. The van der Waals surface area contributed by atoms with Crippen molar-refractivity contribution in [1.82, 2.24) is 10.6 Å². The first kappa shape index (κ1) is 14.6. The summed E-state index contributed by atoms with van der Waals surface area (Å²) >= 11 is 0. The predicted octanol–water partition coefficient (Wildman–Crippen LogP) is 3.10. The molecule has 0 saturated carbocycles. The van der Waals surface area contributed by atoms with Crippen LogP contribution in [0.4, 0.5) is 0 Å². The summed E-state index contributed by atoms with van der Waals surface area (Å²) in [7, 11) is 1.81. The van der Waals surface area contributed by atoms with Crippen LogP contribution in [-0.2, 0) is 0 Å². The summed E-state index contributed by atoms with van der Waals surface area (Å²) in [5.41, 5.74) is 1.27. The van der Waals surface area contributed by atoms with Gasteiger partial charge in [0.05, 0.1) is 6.04 Å². The van der Waals surface area contributed by atoms with Crippen LogP contribution >= 0.6 is 0 Å². The minimum absolute atomic E-state index is 0.267. The average molecular weight is 247 g/mol. The summed E-state index contributed by atoms with van der Waals surface area (Å²) in [5, 5.41) is 6.74. The average Bonchev–Trinajstić information content (AvgIpc) is 2.43. The molecule has 3 nitrogen and oxygen atoms in total. The highest BCUT2D eigenvalue weighted by atomic mass is 15.2. The topological polar surface area (TPSA) is 36.4 Å². The summed E-state index contributed by atoms with van der Waals surface area (Å²) in [6, 6.07) is 10.7. The Morgan fingerprint density at radius 2 is 1.94 bits per heavy atom. The van der Waals surface area contributed by atoms with Crippen LogP contribution in [0.15, 0.2) is 35.3 Å². The number of rotatable bonds is 6. The fourth-order valence-corrected chi connectivity index (χ4v) is 1.81. The molecule has 3 heteroatoms. The zero-order valence-corrected chi connectivity index (χ0v) is 11.7. The van der Waals surface area contributed by atoms with Gasteiger partial charge in [-0.1, -0.05) is 50.1 Å². The molecule has 0 amide bonds. The molecular weight excluding hydrogens is 222 g/mol. The van der Waals surface area contributed by atoms with Crippen LogP contribution < -0.4 is 10.6 Å². The normalized spacial score (nSPS) is 13.2. The summed E-state index contributed by atoms with van der Waals surface area (Å²) in [6.07, 6.45) is 3.70. The van der Waals surface area contributed by atoms with E-state index in [2.05, 4.69) is 53.7 Å². The Kier molecular flexibility index (Phi) is 6.92. The van der Waals surface area contributed by atoms with Gasteiger partial charge in [-0.2, -0.15) is 0 Å². The molecule has 0 bridgehead atoms. The van der Waals surface area contributed by atoms with E-state index in [0.717, 1.165) is 12.5 Å². The zero-order valence-electron chi connectivity index (χ0n) is 11.7. The van der Waals surface area contributed by atoms with E-state index in [1.807, 2.05) is 13.1 Å². The van der Waals surface area contributed by atoms with Crippen LogP contribution in [-0.4, -0.2) is 19.6 Å². The number of hydrogen-bond donors (Lipinski definition) is 2. The second kappa shape index (κ2) is 8.56. The van der Waals surface area contributed by atoms with Crippen LogP contribution in [0.5, 0.6) is 0 Å². The molecule has 18 heavy (non-hydrogen) atoms. The monoisotopic (exact) mass is 247 g/mol. The van der Waals surface area contributed by atoms with E-state index in [1.165, 1.54) is 24.8 Å². The predicted molar refractivity (Wildman–Crippen MR) is 78.9 cm³/mol. The van der Waals surface area contributed by atoms with Crippen LogP contribution in [0.1, 0.15) is 44.7 Å². The number of hydrogen-bond acceptors (Lipinski definition) is 1. The minimum Gasteiger partial charge on any atom is -0.356 e. The van der Waals surface area contributed by atoms with Gasteiger partial charge in [0.25, 0.3) is 0 Å². The van der Waals surface area contributed by atoms with Crippen molar-refractivity contribution in [2.75, 3.05) is 13.6 Å². The first-order chi connectivity index (χ1) is 8.77. The van der Waals surface area contributed by atoms with E-state index >= 15 is 0 Å². The molecule has 1 unspecified atom stereocenters. The van der Waals surface area contributed by atoms with E-state index in [0.29, 0.717) is 0 Å². The Bertz CT molecular complexity index is 346. The van der Waals surface area contributed by atoms with Crippen molar-refractivity contribution in [3.05, 3.63) is 35.9 Å². The van der Waals surface area contributed by atoms with E-state index in [-0.39, 0.29) is 6.04 Å². The van der Waals surface area contributed by atoms with E-state index in [4.69, 9.17) is 0 Å². The second-order valence-corrected chi connectivity index (χ2v) is 4.48. The third-order valence-corrected chi connectivity index (χ3v) is 2.95. The number of benzene rings is 1. The fraction of sp³-hybridized carbons (Fsp3) is 0.533. The molecule has 0 aliphatic rings. The first-order valence-corrected chi connectivity index (χ1v) is 6.80. The highest BCUT2D eigenvalue weighted by Gasteiger charge is 2.06. The zero-order chi connectivity index (χ0) is 13.2. The molecule has 0 fully saturated rings. The Morgan fingerprint density at radius 3 is 2.56 bits per heavy atom. The van der Waals surface area contributed by atoms with Crippen molar-refractivity contribution in [3.8, 4) is 0 Å². The number of aliphatic imine (C=N–C) groups is 1. The Labute approximate surface area is 111 Å². The summed E-state index contributed by atoms with van der Waals surface area (Å²) < 4.78 is 0. The number of nitrogens with one attached hydrogen (secondary N) is 2. The van der Waals surface area contributed by atoms with Gasteiger partial charge in [0.15, 0.2) is 5.96 Å². The van der Waals surface area contributed by atoms with Crippen molar-refractivity contribution >= 4 is 5.96 Å². The molecule has 2 N–H and O–H groups in total. The van der Waals surface area contributed by atoms with Gasteiger partial charge in [-0.25, -0.2) is 0 Å². The molecular formula is C15H25N3. The lowest BCUT2D eigenvalue weighted by Gasteiger charge is -2.18. The van der Waals surface area contributed by atoms with Crippen molar-refractivity contribution in [1.29, 1.82) is 0 Å². The van der Waals surface area contributed by atoms with Gasteiger partial charge >= 0.3 is 0 Å². The van der Waals surface area contributed by atoms with Gasteiger partial charge in [0.1, 0.15) is 0 Å². The third kappa shape index (κ3) is 5.21. The lowest BCUT2D eigenvalue weighted by atomic mass is 10.1. The lowest BCUT2D eigenvalue weighted by molar-refractivity contribution is 0.654. The molecule has 0 aliphatic carbocycles.